The molecule has 0 saturated heterocycles. The molecule has 0 aliphatic carbocycles. The SMILES string of the molecule is Cc1ccc(S(=O)(=O)N(CC(=O)NCCCN2CCc3ccccc32)c2ccc(Br)cc2)cc1. The normalized spacial score (nSPS) is 12.9. The van der Waals surface area contributed by atoms with Crippen molar-refractivity contribution in [3.63, 3.8) is 0 Å². The van der Waals surface area contributed by atoms with Gasteiger partial charge < -0.3 is 10.2 Å². The van der Waals surface area contributed by atoms with E-state index >= 15 is 0 Å². The van der Waals surface area contributed by atoms with E-state index in [0.717, 1.165) is 40.3 Å². The van der Waals surface area contributed by atoms with Gasteiger partial charge in [0.1, 0.15) is 6.54 Å². The van der Waals surface area contributed by atoms with Crippen molar-refractivity contribution in [2.45, 2.75) is 24.7 Å². The largest absolute Gasteiger partial charge is 0.371 e. The lowest BCUT2D eigenvalue weighted by Gasteiger charge is -2.24. The zero-order valence-corrected chi connectivity index (χ0v) is 21.5. The summed E-state index contributed by atoms with van der Waals surface area (Å²) >= 11 is 3.38. The summed E-state index contributed by atoms with van der Waals surface area (Å²) in [5, 5.41) is 2.89. The zero-order valence-electron chi connectivity index (χ0n) is 19.1. The Kier molecular flexibility index (Phi) is 7.58. The average Bonchev–Trinajstić information content (AvgIpc) is 3.24. The van der Waals surface area contributed by atoms with E-state index in [2.05, 4.69) is 44.3 Å². The first-order valence-corrected chi connectivity index (χ1v) is 13.5. The Hall–Kier alpha value is -2.84. The minimum absolute atomic E-state index is 0.154. The van der Waals surface area contributed by atoms with Crippen molar-refractivity contribution < 1.29 is 13.2 Å². The molecule has 3 aromatic rings. The Labute approximate surface area is 209 Å². The number of amides is 1. The number of rotatable bonds is 9. The van der Waals surface area contributed by atoms with Crippen LogP contribution >= 0.6 is 15.9 Å². The van der Waals surface area contributed by atoms with Crippen LogP contribution in [0.25, 0.3) is 0 Å². The molecule has 0 radical (unpaired) electrons. The molecule has 1 aliphatic rings. The fourth-order valence-corrected chi connectivity index (χ4v) is 5.77. The molecule has 0 bridgehead atoms. The van der Waals surface area contributed by atoms with E-state index in [4.69, 9.17) is 0 Å². The van der Waals surface area contributed by atoms with Crippen molar-refractivity contribution in [3.05, 3.63) is 88.4 Å². The highest BCUT2D eigenvalue weighted by atomic mass is 79.9. The van der Waals surface area contributed by atoms with Gasteiger partial charge >= 0.3 is 0 Å². The van der Waals surface area contributed by atoms with Crippen LogP contribution in [0.5, 0.6) is 0 Å². The predicted molar refractivity (Wildman–Crippen MR) is 140 cm³/mol. The van der Waals surface area contributed by atoms with Gasteiger partial charge in [0, 0.05) is 29.8 Å². The van der Waals surface area contributed by atoms with Crippen LogP contribution in [-0.2, 0) is 21.2 Å². The number of fused-ring (bicyclic) bond motifs is 1. The summed E-state index contributed by atoms with van der Waals surface area (Å²) in [5.74, 6) is -0.333. The van der Waals surface area contributed by atoms with Gasteiger partial charge in [-0.15, -0.1) is 0 Å². The van der Waals surface area contributed by atoms with Gasteiger partial charge in [-0.1, -0.05) is 51.8 Å². The second-order valence-electron chi connectivity index (χ2n) is 8.37. The number of nitrogens with one attached hydrogen (secondary N) is 1. The highest BCUT2D eigenvalue weighted by Gasteiger charge is 2.27. The zero-order chi connectivity index (χ0) is 24.1. The predicted octanol–water partition coefficient (Wildman–Crippen LogP) is 4.52. The second-order valence-corrected chi connectivity index (χ2v) is 11.1. The molecule has 1 N–H and O–H groups in total. The van der Waals surface area contributed by atoms with Crippen molar-refractivity contribution in [2.24, 2.45) is 0 Å². The summed E-state index contributed by atoms with van der Waals surface area (Å²) < 4.78 is 28.8. The van der Waals surface area contributed by atoms with Crippen molar-refractivity contribution in [3.8, 4) is 0 Å². The lowest BCUT2D eigenvalue weighted by Crippen LogP contribution is -2.41. The summed E-state index contributed by atoms with van der Waals surface area (Å²) in [6, 6.07) is 21.9. The van der Waals surface area contributed by atoms with Crippen LogP contribution in [0, 0.1) is 6.92 Å². The number of sulfonamides is 1. The van der Waals surface area contributed by atoms with Crippen molar-refractivity contribution in [1.29, 1.82) is 0 Å². The highest BCUT2D eigenvalue weighted by Crippen LogP contribution is 2.27. The molecule has 0 unspecified atom stereocenters. The Morgan fingerprint density at radius 2 is 1.74 bits per heavy atom. The number of nitrogens with zero attached hydrogens (tertiary/aromatic N) is 2. The summed E-state index contributed by atoms with van der Waals surface area (Å²) in [6.45, 7) is 3.92. The number of carbonyl (C=O) groups is 1. The van der Waals surface area contributed by atoms with E-state index < -0.39 is 10.0 Å². The maximum absolute atomic E-state index is 13.4. The maximum Gasteiger partial charge on any atom is 0.264 e. The van der Waals surface area contributed by atoms with Gasteiger partial charge in [-0.2, -0.15) is 0 Å². The van der Waals surface area contributed by atoms with Crippen LogP contribution in [0.4, 0.5) is 11.4 Å². The van der Waals surface area contributed by atoms with Gasteiger partial charge in [0.2, 0.25) is 5.91 Å². The molecule has 0 atom stereocenters. The van der Waals surface area contributed by atoms with Crippen molar-refractivity contribution in [1.82, 2.24) is 5.32 Å². The first-order valence-electron chi connectivity index (χ1n) is 11.3. The van der Waals surface area contributed by atoms with E-state index in [9.17, 15) is 13.2 Å². The molecule has 1 aliphatic heterocycles. The van der Waals surface area contributed by atoms with Gasteiger partial charge in [0.05, 0.1) is 10.6 Å². The van der Waals surface area contributed by atoms with E-state index in [1.54, 1.807) is 48.5 Å². The number of para-hydroxylation sites is 1. The lowest BCUT2D eigenvalue weighted by molar-refractivity contribution is -0.119. The summed E-state index contributed by atoms with van der Waals surface area (Å²) in [4.78, 5) is 15.3. The average molecular weight is 542 g/mol. The second kappa shape index (κ2) is 10.6. The van der Waals surface area contributed by atoms with Crippen LogP contribution in [0.15, 0.2) is 82.2 Å². The van der Waals surface area contributed by atoms with E-state index in [1.165, 1.54) is 11.3 Å². The Balaban J connectivity index is 1.40. The monoisotopic (exact) mass is 541 g/mol. The molecular formula is C26H28BrN3O3S. The Bertz CT molecular complexity index is 1250. The topological polar surface area (TPSA) is 69.7 Å². The number of hydrogen-bond acceptors (Lipinski definition) is 4. The maximum atomic E-state index is 13.4. The van der Waals surface area contributed by atoms with Gasteiger partial charge in [0.25, 0.3) is 10.0 Å². The molecule has 1 amide bonds. The number of anilines is 2. The first-order chi connectivity index (χ1) is 16.3. The number of carbonyl (C=O) groups excluding carboxylic acids is 1. The fraction of sp³-hybridized carbons (Fsp3) is 0.269. The molecule has 3 aromatic carbocycles. The number of aryl methyl sites for hydroxylation is 1. The van der Waals surface area contributed by atoms with E-state index in [1.807, 2.05) is 13.0 Å². The third kappa shape index (κ3) is 5.62. The van der Waals surface area contributed by atoms with Gasteiger partial charge in [0.15, 0.2) is 0 Å². The molecule has 178 valence electrons. The van der Waals surface area contributed by atoms with E-state index in [-0.39, 0.29) is 17.3 Å². The quantitative estimate of drug-likeness (QED) is 0.404. The molecule has 1 heterocycles. The van der Waals surface area contributed by atoms with Gasteiger partial charge in [-0.05, 0) is 67.8 Å². The minimum atomic E-state index is -3.91. The van der Waals surface area contributed by atoms with Gasteiger partial charge in [-0.25, -0.2) is 8.42 Å². The van der Waals surface area contributed by atoms with Crippen LogP contribution in [0.3, 0.4) is 0 Å². The molecule has 34 heavy (non-hydrogen) atoms. The highest BCUT2D eigenvalue weighted by molar-refractivity contribution is 9.10. The third-order valence-electron chi connectivity index (χ3n) is 5.92. The number of hydrogen-bond donors (Lipinski definition) is 1. The Morgan fingerprint density at radius 1 is 1.03 bits per heavy atom. The molecule has 0 saturated carbocycles. The molecular weight excluding hydrogens is 514 g/mol. The summed E-state index contributed by atoms with van der Waals surface area (Å²) in [6.07, 6.45) is 1.82. The van der Waals surface area contributed by atoms with Crippen LogP contribution in [0.1, 0.15) is 17.5 Å². The first kappa shape index (κ1) is 24.3. The minimum Gasteiger partial charge on any atom is -0.371 e. The smallest absolute Gasteiger partial charge is 0.264 e. The van der Waals surface area contributed by atoms with Crippen LogP contribution < -0.4 is 14.5 Å². The standard InChI is InChI=1S/C26H28BrN3O3S/c1-20-7-13-24(14-8-20)34(32,33)30(23-11-9-22(27)10-12-23)19-26(31)28-16-4-17-29-18-15-21-5-2-3-6-25(21)29/h2-3,5-14H,4,15-19H2,1H3,(H,28,31). The summed E-state index contributed by atoms with van der Waals surface area (Å²) in [5.41, 5.74) is 4.03. The molecule has 8 heteroatoms. The summed E-state index contributed by atoms with van der Waals surface area (Å²) in [7, 11) is -3.91. The Morgan fingerprint density at radius 3 is 2.47 bits per heavy atom. The molecule has 4 rings (SSSR count). The number of benzene rings is 3. The van der Waals surface area contributed by atoms with Crippen molar-refractivity contribution >= 4 is 43.2 Å². The number of halogens is 1. The molecule has 0 fully saturated rings. The van der Waals surface area contributed by atoms with Crippen molar-refractivity contribution in [2.75, 3.05) is 35.4 Å². The molecule has 0 spiro atoms. The van der Waals surface area contributed by atoms with Gasteiger partial charge in [-0.3, -0.25) is 9.10 Å². The van der Waals surface area contributed by atoms with Crippen LogP contribution in [-0.4, -0.2) is 40.5 Å². The van der Waals surface area contributed by atoms with Crippen LogP contribution in [0.2, 0.25) is 0 Å². The third-order valence-corrected chi connectivity index (χ3v) is 8.24. The molecule has 0 aromatic heterocycles. The van der Waals surface area contributed by atoms with E-state index in [0.29, 0.717) is 12.2 Å². The fourth-order valence-electron chi connectivity index (χ4n) is 4.08. The lowest BCUT2D eigenvalue weighted by atomic mass is 10.2. The molecule has 6 nitrogen and oxygen atoms in total.